The number of halogens is 1. The number of hydrogen-bond acceptors (Lipinski definition) is 4. The van der Waals surface area contributed by atoms with E-state index in [1.807, 2.05) is 6.92 Å². The van der Waals surface area contributed by atoms with Crippen molar-refractivity contribution in [2.45, 2.75) is 24.0 Å². The summed E-state index contributed by atoms with van der Waals surface area (Å²) in [5.74, 6) is -0.825. The number of nitrogens with zero attached hydrogens (tertiary/aromatic N) is 1. The maximum atomic E-state index is 13.7. The van der Waals surface area contributed by atoms with E-state index in [9.17, 15) is 19.3 Å². The highest BCUT2D eigenvalue weighted by Gasteiger charge is 2.17. The number of hydrogen-bond donors (Lipinski definition) is 1. The molecular formula is C16H15FN2O3S. The molecule has 1 amide bonds. The lowest BCUT2D eigenvalue weighted by Crippen LogP contribution is -2.23. The highest BCUT2D eigenvalue weighted by atomic mass is 32.2. The van der Waals surface area contributed by atoms with Crippen LogP contribution in [0.15, 0.2) is 47.4 Å². The Morgan fingerprint density at radius 1 is 1.26 bits per heavy atom. The van der Waals surface area contributed by atoms with E-state index in [-0.39, 0.29) is 17.3 Å². The van der Waals surface area contributed by atoms with Crippen LogP contribution in [0.5, 0.6) is 0 Å². The first-order valence-corrected chi connectivity index (χ1v) is 7.73. The van der Waals surface area contributed by atoms with Gasteiger partial charge in [-0.15, -0.1) is 11.8 Å². The van der Waals surface area contributed by atoms with Gasteiger partial charge in [0.2, 0.25) is 5.91 Å². The van der Waals surface area contributed by atoms with Crippen LogP contribution < -0.4 is 5.32 Å². The van der Waals surface area contributed by atoms with Gasteiger partial charge in [-0.3, -0.25) is 14.9 Å². The van der Waals surface area contributed by atoms with Crippen molar-refractivity contribution in [3.05, 3.63) is 64.0 Å². The van der Waals surface area contributed by atoms with Crippen molar-refractivity contribution in [3.8, 4) is 0 Å². The third-order valence-corrected chi connectivity index (χ3v) is 4.22. The van der Waals surface area contributed by atoms with Gasteiger partial charge in [-0.1, -0.05) is 6.07 Å². The van der Waals surface area contributed by atoms with Crippen LogP contribution in [0.2, 0.25) is 0 Å². The van der Waals surface area contributed by atoms with Crippen molar-refractivity contribution in [2.75, 3.05) is 5.32 Å². The maximum Gasteiger partial charge on any atom is 0.269 e. The molecule has 120 valence electrons. The van der Waals surface area contributed by atoms with Gasteiger partial charge in [-0.25, -0.2) is 4.39 Å². The number of thioether (sulfide) groups is 1. The fourth-order valence-electron chi connectivity index (χ4n) is 1.87. The van der Waals surface area contributed by atoms with Crippen LogP contribution in [0, 0.1) is 22.9 Å². The Kier molecular flexibility index (Phi) is 5.33. The molecule has 0 aliphatic carbocycles. The van der Waals surface area contributed by atoms with Crippen LogP contribution in [0.1, 0.15) is 12.5 Å². The second kappa shape index (κ2) is 7.23. The second-order valence-electron chi connectivity index (χ2n) is 4.98. The number of amides is 1. The minimum atomic E-state index is -0.489. The Hall–Kier alpha value is -2.41. The number of anilines is 1. The van der Waals surface area contributed by atoms with Crippen molar-refractivity contribution in [1.82, 2.24) is 0 Å². The number of rotatable bonds is 5. The summed E-state index contributed by atoms with van der Waals surface area (Å²) in [6, 6.07) is 10.4. The summed E-state index contributed by atoms with van der Waals surface area (Å²) in [4.78, 5) is 23.0. The highest BCUT2D eigenvalue weighted by molar-refractivity contribution is 8.00. The number of carbonyl (C=O) groups is 1. The average Bonchev–Trinajstić information content (AvgIpc) is 2.51. The zero-order valence-corrected chi connectivity index (χ0v) is 13.4. The van der Waals surface area contributed by atoms with E-state index in [0.29, 0.717) is 0 Å². The standard InChI is InChI=1S/C16H15FN2O3S/c1-10-3-8-14(17)15(9-10)18-16(20)11(2)23-13-6-4-12(5-7-13)19(21)22/h3-9,11H,1-2H3,(H,18,20). The van der Waals surface area contributed by atoms with Crippen LogP contribution >= 0.6 is 11.8 Å². The topological polar surface area (TPSA) is 72.2 Å². The maximum absolute atomic E-state index is 13.7. The SMILES string of the molecule is Cc1ccc(F)c(NC(=O)C(C)Sc2ccc([N+](=O)[O-])cc2)c1. The van der Waals surface area contributed by atoms with E-state index in [4.69, 9.17) is 0 Å². The molecule has 0 saturated carbocycles. The molecule has 2 rings (SSSR count). The summed E-state index contributed by atoms with van der Waals surface area (Å²) in [5.41, 5.74) is 0.983. The molecule has 23 heavy (non-hydrogen) atoms. The minimum absolute atomic E-state index is 0.00622. The molecule has 0 fully saturated rings. The number of benzene rings is 2. The van der Waals surface area contributed by atoms with E-state index >= 15 is 0 Å². The van der Waals surface area contributed by atoms with Gasteiger partial charge >= 0.3 is 0 Å². The average molecular weight is 334 g/mol. The molecule has 2 aromatic rings. The third-order valence-electron chi connectivity index (χ3n) is 3.11. The Labute approximate surface area is 137 Å². The molecule has 7 heteroatoms. The van der Waals surface area contributed by atoms with E-state index in [2.05, 4.69) is 5.32 Å². The molecule has 0 aromatic heterocycles. The molecule has 0 aliphatic heterocycles. The van der Waals surface area contributed by atoms with Crippen LogP contribution in [-0.4, -0.2) is 16.1 Å². The Balaban J connectivity index is 2.02. The van der Waals surface area contributed by atoms with Crippen LogP contribution in [0.3, 0.4) is 0 Å². The number of nitrogens with one attached hydrogen (secondary N) is 1. The molecule has 0 saturated heterocycles. The van der Waals surface area contributed by atoms with Gasteiger partial charge in [0, 0.05) is 17.0 Å². The minimum Gasteiger partial charge on any atom is -0.323 e. The van der Waals surface area contributed by atoms with E-state index in [1.54, 1.807) is 31.2 Å². The first kappa shape index (κ1) is 17.0. The lowest BCUT2D eigenvalue weighted by atomic mass is 10.2. The summed E-state index contributed by atoms with van der Waals surface area (Å²) in [7, 11) is 0. The third kappa shape index (κ3) is 4.53. The molecule has 0 heterocycles. The Bertz CT molecular complexity index is 735. The predicted molar refractivity (Wildman–Crippen MR) is 88.2 cm³/mol. The van der Waals surface area contributed by atoms with Crippen molar-refractivity contribution in [2.24, 2.45) is 0 Å². The quantitative estimate of drug-likeness (QED) is 0.506. The smallest absolute Gasteiger partial charge is 0.269 e. The van der Waals surface area contributed by atoms with Gasteiger partial charge < -0.3 is 5.32 Å². The van der Waals surface area contributed by atoms with Gasteiger partial charge in [0.05, 0.1) is 15.9 Å². The van der Waals surface area contributed by atoms with Gasteiger partial charge in [0.1, 0.15) is 5.82 Å². The zero-order valence-electron chi connectivity index (χ0n) is 12.6. The number of nitro groups is 1. The zero-order chi connectivity index (χ0) is 17.0. The number of non-ortho nitro benzene ring substituents is 1. The first-order chi connectivity index (χ1) is 10.9. The van der Waals surface area contributed by atoms with Crippen LogP contribution in [-0.2, 0) is 4.79 Å². The van der Waals surface area contributed by atoms with Crippen LogP contribution in [0.25, 0.3) is 0 Å². The fourth-order valence-corrected chi connectivity index (χ4v) is 2.74. The lowest BCUT2D eigenvalue weighted by Gasteiger charge is -2.13. The van der Waals surface area contributed by atoms with Gasteiger partial charge in [-0.05, 0) is 43.7 Å². The van der Waals surface area contributed by atoms with Gasteiger partial charge in [-0.2, -0.15) is 0 Å². The summed E-state index contributed by atoms with van der Waals surface area (Å²) in [6.07, 6.45) is 0. The number of aryl methyl sites for hydroxylation is 1. The molecule has 2 aromatic carbocycles. The molecule has 1 unspecified atom stereocenters. The number of nitro benzene ring substituents is 1. The summed E-state index contributed by atoms with van der Waals surface area (Å²) < 4.78 is 13.7. The molecule has 1 atom stereocenters. The number of carbonyl (C=O) groups excluding carboxylic acids is 1. The van der Waals surface area contributed by atoms with Crippen molar-refractivity contribution < 1.29 is 14.1 Å². The lowest BCUT2D eigenvalue weighted by molar-refractivity contribution is -0.384. The Morgan fingerprint density at radius 3 is 2.52 bits per heavy atom. The molecule has 0 aliphatic rings. The summed E-state index contributed by atoms with van der Waals surface area (Å²) in [6.45, 7) is 3.50. The first-order valence-electron chi connectivity index (χ1n) is 6.85. The fraction of sp³-hybridized carbons (Fsp3) is 0.188. The normalized spacial score (nSPS) is 11.8. The molecule has 1 N–H and O–H groups in total. The van der Waals surface area contributed by atoms with E-state index in [0.717, 1.165) is 10.5 Å². The summed E-state index contributed by atoms with van der Waals surface area (Å²) >= 11 is 1.24. The Morgan fingerprint density at radius 2 is 1.91 bits per heavy atom. The van der Waals surface area contributed by atoms with Crippen molar-refractivity contribution >= 4 is 29.0 Å². The monoisotopic (exact) mass is 334 g/mol. The van der Waals surface area contributed by atoms with Gasteiger partial charge in [0.25, 0.3) is 5.69 Å². The van der Waals surface area contributed by atoms with Crippen LogP contribution in [0.4, 0.5) is 15.8 Å². The predicted octanol–water partition coefficient (Wildman–Crippen LogP) is 4.16. The molecule has 5 nitrogen and oxygen atoms in total. The second-order valence-corrected chi connectivity index (χ2v) is 6.40. The van der Waals surface area contributed by atoms with E-state index < -0.39 is 16.0 Å². The molecule has 0 radical (unpaired) electrons. The molecule has 0 bridgehead atoms. The largest absolute Gasteiger partial charge is 0.323 e. The highest BCUT2D eigenvalue weighted by Crippen LogP contribution is 2.26. The van der Waals surface area contributed by atoms with Crippen molar-refractivity contribution in [1.29, 1.82) is 0 Å². The summed E-state index contributed by atoms with van der Waals surface area (Å²) in [5, 5.41) is 12.7. The molecule has 0 spiro atoms. The molecular weight excluding hydrogens is 319 g/mol. The van der Waals surface area contributed by atoms with Crippen molar-refractivity contribution in [3.63, 3.8) is 0 Å². The van der Waals surface area contributed by atoms with Gasteiger partial charge in [0.15, 0.2) is 0 Å². The van der Waals surface area contributed by atoms with E-state index in [1.165, 1.54) is 30.0 Å².